The van der Waals surface area contributed by atoms with Crippen molar-refractivity contribution in [3.63, 3.8) is 0 Å². The van der Waals surface area contributed by atoms with Gasteiger partial charge in [-0.1, -0.05) is 26.8 Å². The molecule has 0 saturated carbocycles. The van der Waals surface area contributed by atoms with E-state index < -0.39 is 46.3 Å². The molecule has 2 nitrogen and oxygen atoms in total. The lowest BCUT2D eigenvalue weighted by molar-refractivity contribution is 0.0599. The summed E-state index contributed by atoms with van der Waals surface area (Å²) in [5.41, 5.74) is -1.41. The maximum absolute atomic E-state index is 13.9. The summed E-state index contributed by atoms with van der Waals surface area (Å²) in [4.78, 5) is 0. The van der Waals surface area contributed by atoms with Gasteiger partial charge in [-0.2, -0.15) is 0 Å². The number of hydrogen-bond acceptors (Lipinski definition) is 2. The van der Waals surface area contributed by atoms with Crippen LogP contribution in [0.4, 0.5) is 37.7 Å². The zero-order chi connectivity index (χ0) is 19.6. The molecule has 26 heavy (non-hydrogen) atoms. The van der Waals surface area contributed by atoms with E-state index in [0.29, 0.717) is 12.2 Å². The molecule has 0 fully saturated rings. The Kier molecular flexibility index (Phi) is 5.85. The summed E-state index contributed by atoms with van der Waals surface area (Å²) in [6.45, 7) is 6.35. The maximum atomic E-state index is 13.9. The summed E-state index contributed by atoms with van der Waals surface area (Å²) in [5.74, 6) is -11.6. The first-order valence-electron chi connectivity index (χ1n) is 7.66. The first-order valence-corrected chi connectivity index (χ1v) is 7.66. The van der Waals surface area contributed by atoms with Crippen LogP contribution in [0, 0.1) is 40.3 Å². The second-order valence-electron chi connectivity index (χ2n) is 6.94. The number of halogens is 6. The lowest BCUT2D eigenvalue weighted by Crippen LogP contribution is -2.14. The van der Waals surface area contributed by atoms with Gasteiger partial charge in [0.25, 0.3) is 0 Å². The summed E-state index contributed by atoms with van der Waals surface area (Å²) in [6.07, 6.45) is 0. The summed E-state index contributed by atoms with van der Waals surface area (Å²) >= 11 is 0. The molecule has 0 aliphatic heterocycles. The minimum atomic E-state index is -2.28. The number of nitrogens with one attached hydrogen (secondary N) is 1. The molecule has 8 heteroatoms. The molecule has 0 unspecified atom stereocenters. The SMILES string of the molecule is CC(C)(C)COCc1ccc(F)c(Nc2c(F)c(F)c(F)c(F)c2F)c1. The van der Waals surface area contributed by atoms with Crippen LogP contribution in [0.1, 0.15) is 26.3 Å². The second kappa shape index (κ2) is 7.57. The van der Waals surface area contributed by atoms with Gasteiger partial charge in [0.2, 0.25) is 5.82 Å². The number of hydrogen-bond donors (Lipinski definition) is 1. The highest BCUT2D eigenvalue weighted by atomic mass is 19.2. The van der Waals surface area contributed by atoms with Crippen LogP contribution in [-0.4, -0.2) is 6.61 Å². The maximum Gasteiger partial charge on any atom is 0.200 e. The zero-order valence-electron chi connectivity index (χ0n) is 14.3. The van der Waals surface area contributed by atoms with Crippen molar-refractivity contribution in [3.05, 3.63) is 58.7 Å². The van der Waals surface area contributed by atoms with Crippen LogP contribution in [0.5, 0.6) is 0 Å². The molecule has 0 saturated heterocycles. The van der Waals surface area contributed by atoms with Crippen molar-refractivity contribution in [2.24, 2.45) is 5.41 Å². The van der Waals surface area contributed by atoms with E-state index in [-0.39, 0.29) is 12.0 Å². The number of rotatable bonds is 5. The Bertz CT molecular complexity index is 787. The number of ether oxygens (including phenoxy) is 1. The van der Waals surface area contributed by atoms with Crippen LogP contribution in [0.2, 0.25) is 0 Å². The molecule has 142 valence electrons. The van der Waals surface area contributed by atoms with E-state index in [1.165, 1.54) is 12.1 Å². The Labute approximate surface area is 146 Å². The van der Waals surface area contributed by atoms with Crippen molar-refractivity contribution in [1.82, 2.24) is 0 Å². The normalized spacial score (nSPS) is 11.7. The molecule has 0 radical (unpaired) electrons. The zero-order valence-corrected chi connectivity index (χ0v) is 14.3. The molecule has 0 aromatic heterocycles. The summed E-state index contributed by atoms with van der Waals surface area (Å²) in [5, 5.41) is 1.94. The average Bonchev–Trinajstić information content (AvgIpc) is 2.56. The molecule has 0 aliphatic carbocycles. The van der Waals surface area contributed by atoms with Gasteiger partial charge in [-0.3, -0.25) is 0 Å². The lowest BCUT2D eigenvalue weighted by atomic mass is 9.99. The van der Waals surface area contributed by atoms with Gasteiger partial charge >= 0.3 is 0 Å². The smallest absolute Gasteiger partial charge is 0.200 e. The molecule has 0 atom stereocenters. The van der Waals surface area contributed by atoms with Crippen LogP contribution in [0.15, 0.2) is 18.2 Å². The van der Waals surface area contributed by atoms with Crippen molar-refractivity contribution in [2.45, 2.75) is 27.4 Å². The quantitative estimate of drug-likeness (QED) is 0.402. The van der Waals surface area contributed by atoms with Crippen LogP contribution in [-0.2, 0) is 11.3 Å². The molecule has 0 aliphatic rings. The first kappa shape index (κ1) is 20.1. The fraction of sp³-hybridized carbons (Fsp3) is 0.333. The summed E-state index contributed by atoms with van der Waals surface area (Å²) < 4.78 is 86.4. The topological polar surface area (TPSA) is 21.3 Å². The van der Waals surface area contributed by atoms with E-state index in [1.54, 1.807) is 0 Å². The van der Waals surface area contributed by atoms with Gasteiger partial charge in [-0.25, -0.2) is 26.3 Å². The van der Waals surface area contributed by atoms with Gasteiger partial charge in [0.1, 0.15) is 11.5 Å². The molecule has 0 bridgehead atoms. The summed E-state index contributed by atoms with van der Waals surface area (Å²) in [6, 6.07) is 3.57. The molecular weight excluding hydrogens is 360 g/mol. The summed E-state index contributed by atoms with van der Waals surface area (Å²) in [7, 11) is 0. The van der Waals surface area contributed by atoms with Crippen molar-refractivity contribution in [1.29, 1.82) is 0 Å². The van der Waals surface area contributed by atoms with Gasteiger partial charge in [-0.15, -0.1) is 0 Å². The van der Waals surface area contributed by atoms with E-state index in [9.17, 15) is 26.3 Å². The average molecular weight is 377 g/mol. The van der Waals surface area contributed by atoms with Gasteiger partial charge in [0.05, 0.1) is 18.9 Å². The van der Waals surface area contributed by atoms with Crippen LogP contribution >= 0.6 is 0 Å². The Morgan fingerprint density at radius 1 is 0.846 bits per heavy atom. The Morgan fingerprint density at radius 3 is 1.92 bits per heavy atom. The fourth-order valence-corrected chi connectivity index (χ4v) is 2.08. The molecular formula is C18H17F6NO. The minimum Gasteiger partial charge on any atom is -0.376 e. The van der Waals surface area contributed by atoms with E-state index in [0.717, 1.165) is 6.07 Å². The van der Waals surface area contributed by atoms with E-state index in [1.807, 2.05) is 26.1 Å². The Morgan fingerprint density at radius 2 is 1.38 bits per heavy atom. The highest BCUT2D eigenvalue weighted by Gasteiger charge is 2.26. The molecule has 2 aromatic rings. The van der Waals surface area contributed by atoms with Crippen molar-refractivity contribution < 1.29 is 31.1 Å². The Balaban J connectivity index is 2.29. The minimum absolute atomic E-state index is 0.0866. The van der Waals surface area contributed by atoms with Crippen molar-refractivity contribution >= 4 is 11.4 Å². The van der Waals surface area contributed by atoms with Crippen LogP contribution in [0.3, 0.4) is 0 Å². The highest BCUT2D eigenvalue weighted by Crippen LogP contribution is 2.31. The molecule has 0 amide bonds. The number of benzene rings is 2. The third-order valence-corrected chi connectivity index (χ3v) is 3.30. The third kappa shape index (κ3) is 4.49. The largest absolute Gasteiger partial charge is 0.376 e. The van der Waals surface area contributed by atoms with Crippen LogP contribution in [0.25, 0.3) is 0 Å². The van der Waals surface area contributed by atoms with Gasteiger partial charge < -0.3 is 10.1 Å². The Hall–Kier alpha value is -2.22. The van der Waals surface area contributed by atoms with Gasteiger partial charge in [-0.05, 0) is 23.1 Å². The van der Waals surface area contributed by atoms with E-state index in [2.05, 4.69) is 0 Å². The highest BCUT2D eigenvalue weighted by molar-refractivity contribution is 5.62. The molecule has 0 heterocycles. The first-order chi connectivity index (χ1) is 12.0. The molecule has 0 spiro atoms. The third-order valence-electron chi connectivity index (χ3n) is 3.30. The molecule has 1 N–H and O–H groups in total. The van der Waals surface area contributed by atoms with Crippen molar-refractivity contribution in [2.75, 3.05) is 11.9 Å². The lowest BCUT2D eigenvalue weighted by Gasteiger charge is -2.18. The monoisotopic (exact) mass is 377 g/mol. The standard InChI is InChI=1S/C18H17F6NO/c1-18(2,3)8-26-7-9-4-5-10(19)11(6-9)25-17-15(23)13(21)12(20)14(22)16(17)24/h4-6,25H,7-8H2,1-3H3. The molecule has 2 aromatic carbocycles. The predicted octanol–water partition coefficient (Wildman–Crippen LogP) is 5.83. The van der Waals surface area contributed by atoms with Gasteiger partial charge in [0, 0.05) is 0 Å². The fourth-order valence-electron chi connectivity index (χ4n) is 2.08. The molecule has 2 rings (SSSR count). The van der Waals surface area contributed by atoms with E-state index >= 15 is 0 Å². The van der Waals surface area contributed by atoms with Crippen LogP contribution < -0.4 is 5.32 Å². The predicted molar refractivity (Wildman–Crippen MR) is 85.0 cm³/mol. The van der Waals surface area contributed by atoms with E-state index in [4.69, 9.17) is 4.74 Å². The second-order valence-corrected chi connectivity index (χ2v) is 6.94. The van der Waals surface area contributed by atoms with Crippen molar-refractivity contribution in [3.8, 4) is 0 Å². The van der Waals surface area contributed by atoms with Gasteiger partial charge in [0.15, 0.2) is 23.3 Å². The number of anilines is 2.